The molecule has 4 aromatic rings. The molecular weight excluding hydrogens is 366 g/mol. The zero-order valence-electron chi connectivity index (χ0n) is 15.8. The van der Waals surface area contributed by atoms with Crippen molar-refractivity contribution in [3.63, 3.8) is 0 Å². The number of amides is 1. The highest BCUT2D eigenvalue weighted by Gasteiger charge is 2.12. The Morgan fingerprint density at radius 3 is 2.71 bits per heavy atom. The second kappa shape index (κ2) is 7.90. The molecule has 4 rings (SSSR count). The van der Waals surface area contributed by atoms with Gasteiger partial charge in [-0.2, -0.15) is 0 Å². The molecule has 0 aliphatic heterocycles. The van der Waals surface area contributed by atoms with Crippen LogP contribution in [0.3, 0.4) is 0 Å². The summed E-state index contributed by atoms with van der Waals surface area (Å²) in [7, 11) is 0. The Hall–Kier alpha value is -3.05. The van der Waals surface area contributed by atoms with Crippen LogP contribution in [0.2, 0.25) is 0 Å². The molecule has 0 fully saturated rings. The molecule has 28 heavy (non-hydrogen) atoms. The summed E-state index contributed by atoms with van der Waals surface area (Å²) >= 11 is 1.44. The predicted molar refractivity (Wildman–Crippen MR) is 116 cm³/mol. The number of aromatic nitrogens is 2. The van der Waals surface area contributed by atoms with E-state index in [-0.39, 0.29) is 5.91 Å². The average molecular weight is 388 g/mol. The van der Waals surface area contributed by atoms with E-state index in [4.69, 9.17) is 0 Å². The van der Waals surface area contributed by atoms with Crippen molar-refractivity contribution in [2.24, 2.45) is 0 Å². The maximum absolute atomic E-state index is 12.6. The molecule has 1 heterocycles. The van der Waals surface area contributed by atoms with Gasteiger partial charge in [0.2, 0.25) is 5.91 Å². The summed E-state index contributed by atoms with van der Waals surface area (Å²) in [5.74, 6) is 0.252. The summed E-state index contributed by atoms with van der Waals surface area (Å²) in [6, 6.07) is 20.2. The first-order valence-corrected chi connectivity index (χ1v) is 10.1. The van der Waals surface area contributed by atoms with Gasteiger partial charge >= 0.3 is 0 Å². The van der Waals surface area contributed by atoms with Crippen molar-refractivity contribution in [1.29, 1.82) is 0 Å². The summed E-state index contributed by atoms with van der Waals surface area (Å²) in [6.45, 7) is 4.20. The zero-order chi connectivity index (χ0) is 19.5. The van der Waals surface area contributed by atoms with Gasteiger partial charge in [-0.3, -0.25) is 9.36 Å². The minimum atomic E-state index is -0.0446. The SMILES string of the molecule is Cc1cccc(-n2ccnc2SCC(=O)Nc2cccc3ccccc23)c1C. The fraction of sp³-hybridized carbons (Fsp3) is 0.130. The van der Waals surface area contributed by atoms with Crippen LogP contribution >= 0.6 is 11.8 Å². The monoisotopic (exact) mass is 387 g/mol. The van der Waals surface area contributed by atoms with Crippen molar-refractivity contribution < 1.29 is 4.79 Å². The molecule has 0 unspecified atom stereocenters. The molecule has 4 nitrogen and oxygen atoms in total. The highest BCUT2D eigenvalue weighted by molar-refractivity contribution is 7.99. The Balaban J connectivity index is 1.49. The Morgan fingerprint density at radius 2 is 1.82 bits per heavy atom. The second-order valence-corrected chi connectivity index (χ2v) is 7.60. The molecule has 0 radical (unpaired) electrons. The standard InChI is InChI=1S/C23H21N3OS/c1-16-7-5-12-21(17(16)2)26-14-13-24-23(26)28-15-22(27)25-20-11-6-9-18-8-3-4-10-19(18)20/h3-14H,15H2,1-2H3,(H,25,27). The molecule has 5 heteroatoms. The second-order valence-electron chi connectivity index (χ2n) is 6.66. The maximum atomic E-state index is 12.6. The topological polar surface area (TPSA) is 46.9 Å². The van der Waals surface area contributed by atoms with Crippen LogP contribution < -0.4 is 5.32 Å². The van der Waals surface area contributed by atoms with E-state index < -0.39 is 0 Å². The summed E-state index contributed by atoms with van der Waals surface area (Å²) in [4.78, 5) is 17.0. The molecule has 0 saturated carbocycles. The van der Waals surface area contributed by atoms with Gasteiger partial charge in [-0.05, 0) is 42.5 Å². The van der Waals surface area contributed by atoms with Crippen LogP contribution in [0.4, 0.5) is 5.69 Å². The van der Waals surface area contributed by atoms with Crippen molar-refractivity contribution >= 4 is 34.1 Å². The highest BCUT2D eigenvalue weighted by atomic mass is 32.2. The van der Waals surface area contributed by atoms with E-state index in [1.165, 1.54) is 22.9 Å². The van der Waals surface area contributed by atoms with Crippen LogP contribution in [0, 0.1) is 13.8 Å². The Morgan fingerprint density at radius 1 is 1.04 bits per heavy atom. The molecule has 0 spiro atoms. The Bertz CT molecular complexity index is 1140. The van der Waals surface area contributed by atoms with Crippen molar-refractivity contribution in [3.8, 4) is 5.69 Å². The van der Waals surface area contributed by atoms with Gasteiger partial charge in [0.1, 0.15) is 0 Å². The average Bonchev–Trinajstić information content (AvgIpc) is 3.17. The summed E-state index contributed by atoms with van der Waals surface area (Å²) < 4.78 is 2.04. The summed E-state index contributed by atoms with van der Waals surface area (Å²) in [5, 5.41) is 5.99. The molecule has 140 valence electrons. The largest absolute Gasteiger partial charge is 0.325 e. The van der Waals surface area contributed by atoms with Crippen molar-refractivity contribution in [2.45, 2.75) is 19.0 Å². The third kappa shape index (κ3) is 3.66. The molecule has 0 bridgehead atoms. The number of imidazole rings is 1. The van der Waals surface area contributed by atoms with Gasteiger partial charge in [0, 0.05) is 23.5 Å². The number of hydrogen-bond acceptors (Lipinski definition) is 3. The number of rotatable bonds is 5. The van der Waals surface area contributed by atoms with Gasteiger partial charge in [-0.15, -0.1) is 0 Å². The molecule has 1 aromatic heterocycles. The van der Waals surface area contributed by atoms with Gasteiger partial charge in [0.05, 0.1) is 11.4 Å². The first-order chi connectivity index (χ1) is 13.6. The Kier molecular flexibility index (Phi) is 5.17. The van der Waals surface area contributed by atoms with E-state index in [1.807, 2.05) is 59.3 Å². The minimum Gasteiger partial charge on any atom is -0.325 e. The van der Waals surface area contributed by atoms with Gasteiger partial charge in [-0.1, -0.05) is 60.3 Å². The number of anilines is 1. The third-order valence-electron chi connectivity index (χ3n) is 4.84. The smallest absolute Gasteiger partial charge is 0.234 e. The fourth-order valence-corrected chi connectivity index (χ4v) is 3.99. The van der Waals surface area contributed by atoms with Crippen LogP contribution in [0.15, 0.2) is 78.2 Å². The minimum absolute atomic E-state index is 0.0446. The van der Waals surface area contributed by atoms with E-state index in [2.05, 4.69) is 36.3 Å². The van der Waals surface area contributed by atoms with Crippen LogP contribution in [-0.4, -0.2) is 21.2 Å². The van der Waals surface area contributed by atoms with Crippen LogP contribution in [0.5, 0.6) is 0 Å². The number of nitrogens with zero attached hydrogens (tertiary/aromatic N) is 2. The van der Waals surface area contributed by atoms with Gasteiger partial charge < -0.3 is 5.32 Å². The first kappa shape index (κ1) is 18.3. The van der Waals surface area contributed by atoms with Crippen LogP contribution in [-0.2, 0) is 4.79 Å². The third-order valence-corrected chi connectivity index (χ3v) is 5.81. The molecule has 0 aliphatic carbocycles. The summed E-state index contributed by atoms with van der Waals surface area (Å²) in [6.07, 6.45) is 3.71. The highest BCUT2D eigenvalue weighted by Crippen LogP contribution is 2.26. The van der Waals surface area contributed by atoms with Gasteiger partial charge in [0.25, 0.3) is 0 Å². The van der Waals surface area contributed by atoms with Crippen molar-refractivity contribution in [2.75, 3.05) is 11.1 Å². The number of fused-ring (bicyclic) bond motifs is 1. The van der Waals surface area contributed by atoms with Gasteiger partial charge in [0.15, 0.2) is 5.16 Å². The van der Waals surface area contributed by atoms with E-state index in [9.17, 15) is 4.79 Å². The quantitative estimate of drug-likeness (QED) is 0.468. The first-order valence-electron chi connectivity index (χ1n) is 9.14. The lowest BCUT2D eigenvalue weighted by Crippen LogP contribution is -2.14. The normalized spacial score (nSPS) is 10.9. The van der Waals surface area contributed by atoms with Crippen LogP contribution in [0.25, 0.3) is 16.5 Å². The predicted octanol–water partition coefficient (Wildman–Crippen LogP) is 5.37. The number of benzene rings is 3. The van der Waals surface area contributed by atoms with Crippen molar-refractivity contribution in [1.82, 2.24) is 9.55 Å². The number of thioether (sulfide) groups is 1. The molecular formula is C23H21N3OS. The van der Waals surface area contributed by atoms with E-state index in [0.29, 0.717) is 5.75 Å². The molecule has 0 aliphatic rings. The van der Waals surface area contributed by atoms with Gasteiger partial charge in [-0.25, -0.2) is 4.98 Å². The zero-order valence-corrected chi connectivity index (χ0v) is 16.7. The maximum Gasteiger partial charge on any atom is 0.234 e. The molecule has 3 aromatic carbocycles. The molecule has 0 atom stereocenters. The van der Waals surface area contributed by atoms with Crippen molar-refractivity contribution in [3.05, 3.63) is 84.2 Å². The lowest BCUT2D eigenvalue weighted by atomic mass is 10.1. The summed E-state index contributed by atoms with van der Waals surface area (Å²) in [5.41, 5.74) is 4.37. The number of hydrogen-bond donors (Lipinski definition) is 1. The molecule has 1 N–H and O–H groups in total. The van der Waals surface area contributed by atoms with E-state index >= 15 is 0 Å². The van der Waals surface area contributed by atoms with E-state index in [0.717, 1.165) is 27.3 Å². The van der Waals surface area contributed by atoms with Crippen LogP contribution in [0.1, 0.15) is 11.1 Å². The lowest BCUT2D eigenvalue weighted by Gasteiger charge is -2.12. The number of carbonyl (C=O) groups is 1. The number of carbonyl (C=O) groups excluding carboxylic acids is 1. The molecule has 0 saturated heterocycles. The lowest BCUT2D eigenvalue weighted by molar-refractivity contribution is -0.113. The molecule has 1 amide bonds. The van der Waals surface area contributed by atoms with E-state index in [1.54, 1.807) is 6.20 Å². The Labute approximate surface area is 168 Å². The number of aryl methyl sites for hydroxylation is 1. The fourth-order valence-electron chi connectivity index (χ4n) is 3.23. The number of nitrogens with one attached hydrogen (secondary N) is 1.